The van der Waals surface area contributed by atoms with E-state index in [4.69, 9.17) is 20.9 Å². The second-order valence-corrected chi connectivity index (χ2v) is 9.72. The molecule has 0 unspecified atom stereocenters. The Morgan fingerprint density at radius 2 is 1.89 bits per heavy atom. The van der Waals surface area contributed by atoms with E-state index in [0.29, 0.717) is 54.2 Å². The summed E-state index contributed by atoms with van der Waals surface area (Å²) in [7, 11) is 0. The van der Waals surface area contributed by atoms with Crippen molar-refractivity contribution >= 4 is 29.0 Å². The normalized spacial score (nSPS) is 24.9. The van der Waals surface area contributed by atoms with E-state index in [2.05, 4.69) is 15.3 Å². The predicted molar refractivity (Wildman–Crippen MR) is 135 cm³/mol. The largest absolute Gasteiger partial charge is 0.366 e. The first kappa shape index (κ1) is 24.5. The topological polar surface area (TPSA) is 118 Å². The van der Waals surface area contributed by atoms with Crippen molar-refractivity contribution in [1.29, 1.82) is 5.41 Å². The fourth-order valence-corrected chi connectivity index (χ4v) is 5.10. The number of alkyl halides is 2. The Kier molecular flexibility index (Phi) is 7.10. The third-order valence-electron chi connectivity index (χ3n) is 6.95. The Labute approximate surface area is 208 Å². The third-order valence-corrected chi connectivity index (χ3v) is 6.95. The van der Waals surface area contributed by atoms with Crippen molar-refractivity contribution in [1.82, 2.24) is 19.5 Å². The van der Waals surface area contributed by atoms with Crippen LogP contribution in [0, 0.1) is 11.3 Å². The number of benzene rings is 1. The van der Waals surface area contributed by atoms with Gasteiger partial charge in [0.05, 0.1) is 23.7 Å². The number of ether oxygens (including phenoxy) is 1. The lowest BCUT2D eigenvalue weighted by molar-refractivity contribution is 0.0224. The number of anilines is 2. The summed E-state index contributed by atoms with van der Waals surface area (Å²) >= 11 is 0. The third kappa shape index (κ3) is 5.17. The number of morpholine rings is 1. The second kappa shape index (κ2) is 10.4. The van der Waals surface area contributed by atoms with Crippen LogP contribution in [0.25, 0.3) is 16.9 Å². The van der Waals surface area contributed by atoms with Gasteiger partial charge >= 0.3 is 0 Å². The van der Waals surface area contributed by atoms with Crippen LogP contribution >= 0.6 is 0 Å². The van der Waals surface area contributed by atoms with Gasteiger partial charge in [-0.15, -0.1) is 0 Å². The minimum absolute atomic E-state index is 0.114. The Bertz CT molecular complexity index is 1210. The van der Waals surface area contributed by atoms with Gasteiger partial charge in [-0.3, -0.25) is 4.57 Å². The number of halogens is 2. The molecule has 1 aliphatic carbocycles. The van der Waals surface area contributed by atoms with E-state index < -0.39 is 6.43 Å². The summed E-state index contributed by atoms with van der Waals surface area (Å²) in [4.78, 5) is 15.6. The fourth-order valence-electron chi connectivity index (χ4n) is 5.10. The summed E-state index contributed by atoms with van der Waals surface area (Å²) in [6.07, 6.45) is 2.06. The Balaban J connectivity index is 1.54. The zero-order chi connectivity index (χ0) is 25.2. The smallest absolute Gasteiger partial charge is 0.296 e. The van der Waals surface area contributed by atoms with Crippen LogP contribution in [0.15, 0.2) is 30.3 Å². The van der Waals surface area contributed by atoms with Crippen molar-refractivity contribution in [3.05, 3.63) is 36.2 Å². The summed E-state index contributed by atoms with van der Waals surface area (Å²) < 4.78 is 35.4. The van der Waals surface area contributed by atoms with Crippen LogP contribution in [0.1, 0.15) is 44.9 Å². The first-order valence-corrected chi connectivity index (χ1v) is 12.5. The van der Waals surface area contributed by atoms with E-state index in [1.54, 1.807) is 30.3 Å². The summed E-state index contributed by atoms with van der Waals surface area (Å²) in [5, 5.41) is 11.0. The average molecular weight is 499 g/mol. The van der Waals surface area contributed by atoms with Gasteiger partial charge in [-0.25, -0.2) is 13.8 Å². The minimum atomic E-state index is -2.77. The molecule has 36 heavy (non-hydrogen) atoms. The number of hydrogen-bond acceptors (Lipinski definition) is 8. The number of para-hydroxylation sites is 2. The number of rotatable bonds is 7. The van der Waals surface area contributed by atoms with E-state index in [0.717, 1.165) is 25.7 Å². The van der Waals surface area contributed by atoms with Crippen molar-refractivity contribution < 1.29 is 13.5 Å². The lowest BCUT2D eigenvalue weighted by Crippen LogP contribution is -2.47. The highest BCUT2D eigenvalue weighted by molar-refractivity contribution is 5.78. The Morgan fingerprint density at radius 1 is 1.14 bits per heavy atom. The van der Waals surface area contributed by atoms with E-state index in [-0.39, 0.29) is 24.1 Å². The fraction of sp³-hybridized carbons (Fsp3) is 0.520. The molecule has 1 saturated heterocycles. The zero-order valence-corrected chi connectivity index (χ0v) is 20.3. The number of nitrogens with zero attached hydrogens (tertiary/aromatic N) is 5. The van der Waals surface area contributed by atoms with Crippen LogP contribution in [-0.4, -0.2) is 63.6 Å². The maximum atomic E-state index is 14.1. The molecule has 0 radical (unpaired) electrons. The molecule has 0 spiro atoms. The van der Waals surface area contributed by atoms with Crippen LogP contribution < -0.4 is 16.0 Å². The van der Waals surface area contributed by atoms with E-state index in [1.807, 2.05) is 11.8 Å². The summed E-state index contributed by atoms with van der Waals surface area (Å²) in [6.45, 7) is 3.63. The quantitative estimate of drug-likeness (QED) is 0.423. The number of nitrogens with one attached hydrogen (secondary N) is 2. The molecule has 2 aromatic heterocycles. The SMILES string of the molecule is C[C@@H]1CN(c2cc(-n3c(C(F)F)nc4ccccc43)nc(NC[C@H]3CC[C@H](N)CC3)n2)C[C@H](C=N)O1. The molecule has 3 aromatic rings. The molecular formula is C25H32F2N8O. The summed E-state index contributed by atoms with van der Waals surface area (Å²) in [6, 6.07) is 9.02. The van der Waals surface area contributed by atoms with Crippen LogP contribution in [0.4, 0.5) is 20.5 Å². The van der Waals surface area contributed by atoms with Gasteiger partial charge in [0, 0.05) is 31.4 Å². The molecule has 2 aliphatic rings. The molecule has 3 heterocycles. The first-order chi connectivity index (χ1) is 17.4. The molecule has 0 bridgehead atoms. The highest BCUT2D eigenvalue weighted by Gasteiger charge is 2.28. The van der Waals surface area contributed by atoms with E-state index >= 15 is 0 Å². The van der Waals surface area contributed by atoms with E-state index in [9.17, 15) is 8.78 Å². The van der Waals surface area contributed by atoms with Crippen molar-refractivity contribution in [2.75, 3.05) is 29.9 Å². The van der Waals surface area contributed by atoms with Crippen molar-refractivity contribution in [3.8, 4) is 5.82 Å². The first-order valence-electron chi connectivity index (χ1n) is 12.5. The molecule has 9 nitrogen and oxygen atoms in total. The molecule has 0 amide bonds. The number of hydrogen-bond donors (Lipinski definition) is 3. The van der Waals surface area contributed by atoms with Crippen LogP contribution in [0.5, 0.6) is 0 Å². The van der Waals surface area contributed by atoms with Gasteiger partial charge in [0.1, 0.15) is 17.7 Å². The van der Waals surface area contributed by atoms with Crippen molar-refractivity contribution in [2.45, 2.75) is 57.3 Å². The van der Waals surface area contributed by atoms with E-state index in [1.165, 1.54) is 10.8 Å². The highest BCUT2D eigenvalue weighted by atomic mass is 19.3. The monoisotopic (exact) mass is 498 g/mol. The lowest BCUT2D eigenvalue weighted by atomic mass is 9.86. The lowest BCUT2D eigenvalue weighted by Gasteiger charge is -2.36. The molecule has 11 heteroatoms. The number of fused-ring (bicyclic) bond motifs is 1. The van der Waals surface area contributed by atoms with Crippen LogP contribution in [-0.2, 0) is 4.74 Å². The van der Waals surface area contributed by atoms with Gasteiger partial charge in [0.15, 0.2) is 5.82 Å². The molecule has 1 aromatic carbocycles. The number of imidazole rings is 1. The minimum Gasteiger partial charge on any atom is -0.366 e. The van der Waals surface area contributed by atoms with Crippen LogP contribution in [0.2, 0.25) is 0 Å². The van der Waals surface area contributed by atoms with Crippen LogP contribution in [0.3, 0.4) is 0 Å². The van der Waals surface area contributed by atoms with Gasteiger partial charge in [-0.1, -0.05) is 12.1 Å². The van der Waals surface area contributed by atoms with Crippen molar-refractivity contribution in [3.63, 3.8) is 0 Å². The summed E-state index contributed by atoms with van der Waals surface area (Å²) in [5.41, 5.74) is 7.08. The molecule has 2 fully saturated rings. The molecule has 4 N–H and O–H groups in total. The number of nitrogens with two attached hydrogens (primary N) is 1. The van der Waals surface area contributed by atoms with Gasteiger partial charge in [0.2, 0.25) is 5.95 Å². The molecular weight excluding hydrogens is 466 g/mol. The maximum absolute atomic E-state index is 14.1. The summed E-state index contributed by atoms with van der Waals surface area (Å²) in [5.74, 6) is 1.38. The van der Waals surface area contributed by atoms with Gasteiger partial charge in [0.25, 0.3) is 6.43 Å². The predicted octanol–water partition coefficient (Wildman–Crippen LogP) is 3.93. The zero-order valence-electron chi connectivity index (χ0n) is 20.3. The molecule has 1 saturated carbocycles. The number of aromatic nitrogens is 4. The molecule has 1 aliphatic heterocycles. The van der Waals surface area contributed by atoms with Crippen molar-refractivity contribution in [2.24, 2.45) is 11.7 Å². The standard InChI is InChI=1S/C25H32F2N8O/c1-15-13-34(14-18(11-28)36-15)21-10-22(33-25(32-21)30-12-16-6-8-17(29)9-7-16)35-20-5-3-2-4-19(20)31-24(35)23(26)27/h2-5,10-11,15-18,23,28H,6-9,12-14,29H2,1H3,(H,30,32,33)/t15-,16-,17-,18+/m1/s1. The van der Waals surface area contributed by atoms with Gasteiger partial charge in [-0.2, -0.15) is 9.97 Å². The second-order valence-electron chi connectivity index (χ2n) is 9.72. The molecule has 192 valence electrons. The average Bonchev–Trinajstić information content (AvgIpc) is 3.28. The maximum Gasteiger partial charge on any atom is 0.296 e. The highest BCUT2D eigenvalue weighted by Crippen LogP contribution is 2.30. The molecule has 2 atom stereocenters. The van der Waals surface area contributed by atoms with Gasteiger partial charge in [-0.05, 0) is 50.7 Å². The Morgan fingerprint density at radius 3 is 2.64 bits per heavy atom. The Hall–Kier alpha value is -3.18. The van der Waals surface area contributed by atoms with Gasteiger partial charge < -0.3 is 26.1 Å². The molecule has 5 rings (SSSR count).